The van der Waals surface area contributed by atoms with Crippen LogP contribution in [-0.4, -0.2) is 30.7 Å². The van der Waals surface area contributed by atoms with E-state index in [1.54, 1.807) is 16.7 Å². The van der Waals surface area contributed by atoms with Crippen molar-refractivity contribution >= 4 is 23.4 Å². The first-order valence-corrected chi connectivity index (χ1v) is 8.63. The summed E-state index contributed by atoms with van der Waals surface area (Å²) >= 11 is 1.55. The van der Waals surface area contributed by atoms with Gasteiger partial charge in [-0.15, -0.1) is 11.8 Å². The lowest BCUT2D eigenvalue weighted by atomic mass is 10.1. The van der Waals surface area contributed by atoms with Crippen molar-refractivity contribution in [3.8, 4) is 0 Å². The molecular weight excluding hydrogens is 330 g/mol. The summed E-state index contributed by atoms with van der Waals surface area (Å²) in [5.41, 5.74) is 2.69. The fourth-order valence-corrected chi connectivity index (χ4v) is 3.86. The monoisotopic (exact) mass is 348 g/mol. The predicted molar refractivity (Wildman–Crippen MR) is 92.9 cm³/mol. The van der Waals surface area contributed by atoms with Crippen molar-refractivity contribution in [1.82, 2.24) is 4.90 Å². The summed E-state index contributed by atoms with van der Waals surface area (Å²) in [6.07, 6.45) is 0. The Morgan fingerprint density at radius 2 is 1.83 bits per heavy atom. The normalized spacial score (nSPS) is 17.4. The summed E-state index contributed by atoms with van der Waals surface area (Å²) < 4.78 is 26.5. The zero-order valence-corrected chi connectivity index (χ0v) is 14.3. The maximum Gasteiger partial charge on any atom is 0.234 e. The van der Waals surface area contributed by atoms with Crippen LogP contribution in [0.25, 0.3) is 0 Å². The number of rotatable bonds is 4. The van der Waals surface area contributed by atoms with Crippen LogP contribution in [0.5, 0.6) is 0 Å². The summed E-state index contributed by atoms with van der Waals surface area (Å²) in [5, 5.41) is -0.109. The van der Waals surface area contributed by atoms with Gasteiger partial charge in [-0.25, -0.2) is 8.78 Å². The fourth-order valence-electron chi connectivity index (χ4n) is 2.67. The number of thioether (sulfide) groups is 1. The number of anilines is 1. The third-order valence-electron chi connectivity index (χ3n) is 4.00. The molecule has 1 atom stereocenters. The highest BCUT2D eigenvalue weighted by atomic mass is 32.2. The highest BCUT2D eigenvalue weighted by molar-refractivity contribution is 8.00. The van der Waals surface area contributed by atoms with Crippen LogP contribution in [0.1, 0.15) is 16.5 Å². The van der Waals surface area contributed by atoms with Gasteiger partial charge in [0.05, 0.1) is 5.75 Å². The molecule has 3 rings (SSSR count). The van der Waals surface area contributed by atoms with Crippen molar-refractivity contribution < 1.29 is 13.6 Å². The molecule has 24 heavy (non-hydrogen) atoms. The molecule has 1 saturated heterocycles. The largest absolute Gasteiger partial charge is 0.378 e. The minimum absolute atomic E-state index is 0.00594. The minimum atomic E-state index is -0.890. The van der Waals surface area contributed by atoms with Crippen molar-refractivity contribution in [2.75, 3.05) is 24.7 Å². The van der Waals surface area contributed by atoms with Crippen LogP contribution in [0.3, 0.4) is 0 Å². The van der Waals surface area contributed by atoms with Crippen LogP contribution in [0.15, 0.2) is 42.5 Å². The molecule has 1 fully saturated rings. The van der Waals surface area contributed by atoms with Gasteiger partial charge in [-0.05, 0) is 35.4 Å². The summed E-state index contributed by atoms with van der Waals surface area (Å²) in [5.74, 6) is -1.37. The Balaban J connectivity index is 1.82. The Labute approximate surface area is 144 Å². The molecular formula is C18H18F2N2OS. The second-order valence-corrected chi connectivity index (χ2v) is 6.99. The van der Waals surface area contributed by atoms with E-state index >= 15 is 0 Å². The summed E-state index contributed by atoms with van der Waals surface area (Å²) in [6, 6.07) is 11.8. The number of hydrogen-bond donors (Lipinski definition) is 0. The molecule has 0 N–H and O–H groups in total. The highest BCUT2D eigenvalue weighted by Gasteiger charge is 2.32. The van der Waals surface area contributed by atoms with Crippen LogP contribution in [0.4, 0.5) is 14.5 Å². The fraction of sp³-hybridized carbons (Fsp3) is 0.278. The first-order chi connectivity index (χ1) is 11.5. The molecule has 3 nitrogen and oxygen atoms in total. The van der Waals surface area contributed by atoms with Gasteiger partial charge >= 0.3 is 0 Å². The van der Waals surface area contributed by atoms with E-state index in [1.165, 1.54) is 6.07 Å². The Hall–Kier alpha value is -2.08. The maximum absolute atomic E-state index is 13.4. The number of nitrogens with zero attached hydrogens (tertiary/aromatic N) is 2. The Bertz CT molecular complexity index is 749. The van der Waals surface area contributed by atoms with Gasteiger partial charge < -0.3 is 9.80 Å². The van der Waals surface area contributed by atoms with Gasteiger partial charge in [0.15, 0.2) is 11.6 Å². The predicted octanol–water partition coefficient (Wildman–Crippen LogP) is 3.81. The van der Waals surface area contributed by atoms with E-state index in [1.807, 2.05) is 43.3 Å². The number of carbonyl (C=O) groups is 1. The van der Waals surface area contributed by atoms with Gasteiger partial charge in [-0.2, -0.15) is 0 Å². The number of carbonyl (C=O) groups excluding carboxylic acids is 1. The average Bonchev–Trinajstić information content (AvgIpc) is 2.92. The van der Waals surface area contributed by atoms with Crippen molar-refractivity contribution in [3.05, 3.63) is 65.2 Å². The number of hydrogen-bond acceptors (Lipinski definition) is 3. The van der Waals surface area contributed by atoms with E-state index in [2.05, 4.69) is 0 Å². The molecule has 1 unspecified atom stereocenters. The third kappa shape index (κ3) is 3.38. The molecule has 0 aromatic heterocycles. The first-order valence-electron chi connectivity index (χ1n) is 7.58. The van der Waals surface area contributed by atoms with E-state index < -0.39 is 11.6 Å². The molecule has 1 aliphatic rings. The first kappa shape index (κ1) is 16.8. The van der Waals surface area contributed by atoms with Crippen molar-refractivity contribution in [2.45, 2.75) is 11.9 Å². The lowest BCUT2D eigenvalue weighted by Crippen LogP contribution is -2.27. The lowest BCUT2D eigenvalue weighted by molar-refractivity contribution is -0.128. The van der Waals surface area contributed by atoms with Crippen molar-refractivity contribution in [3.63, 3.8) is 0 Å². The number of amides is 1. The van der Waals surface area contributed by atoms with E-state index in [0.29, 0.717) is 11.3 Å². The zero-order chi connectivity index (χ0) is 17.3. The van der Waals surface area contributed by atoms with Crippen molar-refractivity contribution in [1.29, 1.82) is 0 Å². The van der Waals surface area contributed by atoms with E-state index in [4.69, 9.17) is 0 Å². The molecule has 0 radical (unpaired) electrons. The summed E-state index contributed by atoms with van der Waals surface area (Å²) in [4.78, 5) is 15.9. The molecule has 0 spiro atoms. The maximum atomic E-state index is 13.4. The highest BCUT2D eigenvalue weighted by Crippen LogP contribution is 2.40. The summed E-state index contributed by atoms with van der Waals surface area (Å²) in [7, 11) is 3.94. The molecule has 2 aromatic carbocycles. The average molecular weight is 348 g/mol. The van der Waals surface area contributed by atoms with Crippen LogP contribution in [0, 0.1) is 11.6 Å². The van der Waals surface area contributed by atoms with Gasteiger partial charge in [0.2, 0.25) is 5.91 Å². The second kappa shape index (κ2) is 6.81. The number of halogens is 2. The molecule has 126 valence electrons. The minimum Gasteiger partial charge on any atom is -0.378 e. The van der Waals surface area contributed by atoms with Crippen molar-refractivity contribution in [2.24, 2.45) is 0 Å². The van der Waals surface area contributed by atoms with Crippen LogP contribution >= 0.6 is 11.8 Å². The van der Waals surface area contributed by atoms with E-state index in [0.717, 1.165) is 23.4 Å². The van der Waals surface area contributed by atoms with Crippen LogP contribution < -0.4 is 4.90 Å². The lowest BCUT2D eigenvalue weighted by Gasteiger charge is -2.25. The third-order valence-corrected chi connectivity index (χ3v) is 5.26. The van der Waals surface area contributed by atoms with Crippen LogP contribution in [-0.2, 0) is 11.3 Å². The van der Waals surface area contributed by atoms with E-state index in [9.17, 15) is 13.6 Å². The molecule has 0 saturated carbocycles. The zero-order valence-electron chi connectivity index (χ0n) is 13.5. The van der Waals surface area contributed by atoms with Gasteiger partial charge in [0.1, 0.15) is 5.37 Å². The molecule has 1 aliphatic heterocycles. The van der Waals surface area contributed by atoms with Gasteiger partial charge in [-0.1, -0.05) is 18.2 Å². The SMILES string of the molecule is CN(C)c1ccc(C2SCC(=O)N2Cc2ccc(F)c(F)c2)cc1. The molecule has 1 amide bonds. The molecule has 0 aliphatic carbocycles. The Morgan fingerprint density at radius 3 is 2.46 bits per heavy atom. The van der Waals surface area contributed by atoms with E-state index in [-0.39, 0.29) is 17.8 Å². The molecule has 1 heterocycles. The molecule has 0 bridgehead atoms. The number of benzene rings is 2. The molecule has 2 aromatic rings. The quantitative estimate of drug-likeness (QED) is 0.840. The second-order valence-electron chi connectivity index (χ2n) is 5.92. The topological polar surface area (TPSA) is 23.6 Å². The standard InChI is InChI=1S/C18H18F2N2OS/c1-21(2)14-6-4-13(5-7-14)18-22(17(23)11-24-18)10-12-3-8-15(19)16(20)9-12/h3-9,18H,10-11H2,1-2H3. The van der Waals surface area contributed by atoms with Gasteiger partial charge in [0.25, 0.3) is 0 Å². The van der Waals surface area contributed by atoms with Crippen LogP contribution in [0.2, 0.25) is 0 Å². The summed E-state index contributed by atoms with van der Waals surface area (Å²) in [6.45, 7) is 0.267. The Kier molecular flexibility index (Phi) is 4.76. The van der Waals surface area contributed by atoms with Gasteiger partial charge in [0, 0.05) is 26.3 Å². The van der Waals surface area contributed by atoms with Gasteiger partial charge in [-0.3, -0.25) is 4.79 Å². The Morgan fingerprint density at radius 1 is 1.12 bits per heavy atom. The smallest absolute Gasteiger partial charge is 0.234 e. The molecule has 6 heteroatoms.